The zero-order valence-corrected chi connectivity index (χ0v) is 14.9. The lowest BCUT2D eigenvalue weighted by Gasteiger charge is -2.35. The number of hydrogen-bond donors (Lipinski definition) is 0. The van der Waals surface area contributed by atoms with Crippen LogP contribution in [-0.4, -0.2) is 57.7 Å². The average molecular weight is 347 g/mol. The fourth-order valence-corrected chi connectivity index (χ4v) is 3.02. The molecule has 2 aromatic rings. The van der Waals surface area contributed by atoms with E-state index in [1.54, 1.807) is 16.2 Å². The summed E-state index contributed by atoms with van der Waals surface area (Å²) in [7, 11) is 0. The van der Waals surface area contributed by atoms with Gasteiger partial charge in [-0.25, -0.2) is 14.8 Å². The van der Waals surface area contributed by atoms with Crippen molar-refractivity contribution in [3.63, 3.8) is 0 Å². The molecule has 8 heteroatoms. The van der Waals surface area contributed by atoms with E-state index in [0.29, 0.717) is 38.0 Å². The minimum atomic E-state index is -0.474. The van der Waals surface area contributed by atoms with Crippen LogP contribution >= 0.6 is 11.3 Å². The molecule has 1 amide bonds. The highest BCUT2D eigenvalue weighted by molar-refractivity contribution is 7.08. The lowest BCUT2D eigenvalue weighted by atomic mass is 10.2. The Morgan fingerprint density at radius 2 is 1.96 bits per heavy atom. The molecule has 0 unspecified atom stereocenters. The van der Waals surface area contributed by atoms with E-state index in [1.807, 2.05) is 37.6 Å². The molecule has 2 aromatic heterocycles. The molecular formula is C16H21N5O2S. The minimum Gasteiger partial charge on any atom is -0.444 e. The Bertz CT molecular complexity index is 691. The maximum atomic E-state index is 12.1. The molecule has 0 radical (unpaired) electrons. The standard InChI is InChI=1S/C16H21N5O2S/c1-16(2,3)23-15(22)21-7-5-20(6-8-21)14-18-11-17-13(19-14)12-4-9-24-10-12/h4,9-11H,5-8H2,1-3H3. The molecule has 0 aromatic carbocycles. The van der Waals surface area contributed by atoms with Gasteiger partial charge < -0.3 is 14.5 Å². The highest BCUT2D eigenvalue weighted by atomic mass is 32.1. The Kier molecular flexibility index (Phi) is 4.66. The summed E-state index contributed by atoms with van der Waals surface area (Å²) in [5.74, 6) is 1.32. The summed E-state index contributed by atoms with van der Waals surface area (Å²) in [6, 6.07) is 1.99. The predicted molar refractivity (Wildman–Crippen MR) is 93.2 cm³/mol. The molecule has 24 heavy (non-hydrogen) atoms. The van der Waals surface area contributed by atoms with E-state index in [-0.39, 0.29) is 6.09 Å². The first-order chi connectivity index (χ1) is 11.4. The van der Waals surface area contributed by atoms with Crippen LogP contribution in [0.5, 0.6) is 0 Å². The van der Waals surface area contributed by atoms with Crippen LogP contribution in [0.4, 0.5) is 10.7 Å². The molecular weight excluding hydrogens is 326 g/mol. The van der Waals surface area contributed by atoms with Gasteiger partial charge in [0.15, 0.2) is 5.82 Å². The zero-order valence-electron chi connectivity index (χ0n) is 14.1. The van der Waals surface area contributed by atoms with Crippen molar-refractivity contribution in [3.05, 3.63) is 23.2 Å². The SMILES string of the molecule is CC(C)(C)OC(=O)N1CCN(c2ncnc(-c3ccsc3)n2)CC1. The largest absolute Gasteiger partial charge is 0.444 e. The van der Waals surface area contributed by atoms with Gasteiger partial charge in [-0.05, 0) is 32.2 Å². The van der Waals surface area contributed by atoms with Crippen molar-refractivity contribution in [2.75, 3.05) is 31.1 Å². The summed E-state index contributed by atoms with van der Waals surface area (Å²) < 4.78 is 5.41. The van der Waals surface area contributed by atoms with Gasteiger partial charge in [0.2, 0.25) is 5.95 Å². The monoisotopic (exact) mass is 347 g/mol. The van der Waals surface area contributed by atoms with E-state index in [4.69, 9.17) is 4.74 Å². The normalized spacial score (nSPS) is 15.5. The molecule has 1 fully saturated rings. The molecule has 1 aliphatic rings. The molecule has 0 aliphatic carbocycles. The van der Waals surface area contributed by atoms with Crippen LogP contribution < -0.4 is 4.90 Å². The quantitative estimate of drug-likeness (QED) is 0.832. The predicted octanol–water partition coefficient (Wildman–Crippen LogP) is 2.66. The van der Waals surface area contributed by atoms with E-state index in [1.165, 1.54) is 6.33 Å². The zero-order chi connectivity index (χ0) is 17.2. The smallest absolute Gasteiger partial charge is 0.410 e. The number of carbonyl (C=O) groups excluding carboxylic acids is 1. The van der Waals surface area contributed by atoms with Crippen molar-refractivity contribution in [1.29, 1.82) is 0 Å². The van der Waals surface area contributed by atoms with Crippen molar-refractivity contribution >= 4 is 23.4 Å². The fourth-order valence-electron chi connectivity index (χ4n) is 2.39. The van der Waals surface area contributed by atoms with Gasteiger partial charge in [-0.2, -0.15) is 16.3 Å². The van der Waals surface area contributed by atoms with Crippen LogP contribution in [-0.2, 0) is 4.74 Å². The van der Waals surface area contributed by atoms with Gasteiger partial charge in [-0.1, -0.05) is 0 Å². The van der Waals surface area contributed by atoms with Gasteiger partial charge in [0.1, 0.15) is 11.9 Å². The van der Waals surface area contributed by atoms with Gasteiger partial charge in [-0.15, -0.1) is 0 Å². The van der Waals surface area contributed by atoms with Gasteiger partial charge in [0, 0.05) is 37.1 Å². The van der Waals surface area contributed by atoms with Crippen molar-refractivity contribution in [2.24, 2.45) is 0 Å². The number of ether oxygens (including phenoxy) is 1. The summed E-state index contributed by atoms with van der Waals surface area (Å²) in [5.41, 5.74) is 0.522. The summed E-state index contributed by atoms with van der Waals surface area (Å²) in [5, 5.41) is 4.01. The summed E-state index contributed by atoms with van der Waals surface area (Å²) in [4.78, 5) is 29.0. The number of carbonyl (C=O) groups is 1. The molecule has 0 saturated carbocycles. The first kappa shape index (κ1) is 16.6. The van der Waals surface area contributed by atoms with Gasteiger partial charge >= 0.3 is 6.09 Å². The molecule has 0 atom stereocenters. The van der Waals surface area contributed by atoms with E-state index in [0.717, 1.165) is 5.56 Å². The van der Waals surface area contributed by atoms with E-state index >= 15 is 0 Å². The lowest BCUT2D eigenvalue weighted by molar-refractivity contribution is 0.0240. The maximum Gasteiger partial charge on any atom is 0.410 e. The minimum absolute atomic E-state index is 0.267. The topological polar surface area (TPSA) is 71.5 Å². The van der Waals surface area contributed by atoms with Crippen LogP contribution in [0.3, 0.4) is 0 Å². The number of hydrogen-bond acceptors (Lipinski definition) is 7. The van der Waals surface area contributed by atoms with Crippen LogP contribution in [0, 0.1) is 0 Å². The van der Waals surface area contributed by atoms with Crippen LogP contribution in [0.25, 0.3) is 11.4 Å². The molecule has 7 nitrogen and oxygen atoms in total. The van der Waals surface area contributed by atoms with Crippen molar-refractivity contribution < 1.29 is 9.53 Å². The van der Waals surface area contributed by atoms with Crippen LogP contribution in [0.2, 0.25) is 0 Å². The number of amides is 1. The molecule has 0 spiro atoms. The maximum absolute atomic E-state index is 12.1. The lowest BCUT2D eigenvalue weighted by Crippen LogP contribution is -2.50. The first-order valence-corrected chi connectivity index (χ1v) is 8.81. The summed E-state index contributed by atoms with van der Waals surface area (Å²) >= 11 is 1.61. The highest BCUT2D eigenvalue weighted by Gasteiger charge is 2.26. The second kappa shape index (κ2) is 6.72. The van der Waals surface area contributed by atoms with Gasteiger partial charge in [-0.3, -0.25) is 0 Å². The molecule has 1 saturated heterocycles. The van der Waals surface area contributed by atoms with Gasteiger partial charge in [0.05, 0.1) is 0 Å². The Hall–Kier alpha value is -2.22. The number of piperazine rings is 1. The third-order valence-corrected chi connectivity index (χ3v) is 4.24. The first-order valence-electron chi connectivity index (χ1n) is 7.87. The van der Waals surface area contributed by atoms with E-state index in [2.05, 4.69) is 19.9 Å². The highest BCUT2D eigenvalue weighted by Crippen LogP contribution is 2.20. The molecule has 1 aliphatic heterocycles. The second-order valence-electron chi connectivity index (χ2n) is 6.58. The van der Waals surface area contributed by atoms with Crippen LogP contribution in [0.15, 0.2) is 23.2 Å². The number of rotatable bonds is 2. The number of nitrogens with zero attached hydrogens (tertiary/aromatic N) is 5. The molecule has 0 bridgehead atoms. The van der Waals surface area contributed by atoms with Crippen molar-refractivity contribution in [1.82, 2.24) is 19.9 Å². The third-order valence-electron chi connectivity index (χ3n) is 3.55. The molecule has 3 heterocycles. The fraction of sp³-hybridized carbons (Fsp3) is 0.500. The summed E-state index contributed by atoms with van der Waals surface area (Å²) in [6.07, 6.45) is 1.27. The van der Waals surface area contributed by atoms with Crippen LogP contribution in [0.1, 0.15) is 20.8 Å². The average Bonchev–Trinajstić information content (AvgIpc) is 3.08. The van der Waals surface area contributed by atoms with E-state index in [9.17, 15) is 4.79 Å². The third kappa shape index (κ3) is 4.00. The Morgan fingerprint density at radius 1 is 1.21 bits per heavy atom. The summed E-state index contributed by atoms with van der Waals surface area (Å²) in [6.45, 7) is 8.15. The Labute approximate surface area is 145 Å². The molecule has 128 valence electrons. The number of thiophene rings is 1. The van der Waals surface area contributed by atoms with Crippen molar-refractivity contribution in [3.8, 4) is 11.4 Å². The Morgan fingerprint density at radius 3 is 2.58 bits per heavy atom. The number of anilines is 1. The van der Waals surface area contributed by atoms with Gasteiger partial charge in [0.25, 0.3) is 0 Å². The van der Waals surface area contributed by atoms with E-state index < -0.39 is 5.60 Å². The van der Waals surface area contributed by atoms with Crippen molar-refractivity contribution in [2.45, 2.75) is 26.4 Å². The molecule has 0 N–H and O–H groups in total. The second-order valence-corrected chi connectivity index (χ2v) is 7.36. The Balaban J connectivity index is 1.63. The number of aromatic nitrogens is 3. The molecule has 3 rings (SSSR count).